The van der Waals surface area contributed by atoms with Crippen LogP contribution < -0.4 is 10.6 Å². The normalized spacial score (nSPS) is 22.2. The third-order valence-corrected chi connectivity index (χ3v) is 4.85. The van der Waals surface area contributed by atoms with Gasteiger partial charge in [0.1, 0.15) is 11.5 Å². The zero-order valence-electron chi connectivity index (χ0n) is 14.8. The van der Waals surface area contributed by atoms with Crippen molar-refractivity contribution in [3.05, 3.63) is 53.9 Å². The zero-order chi connectivity index (χ0) is 19.2. The van der Waals surface area contributed by atoms with Crippen LogP contribution in [0.25, 0.3) is 0 Å². The van der Waals surface area contributed by atoms with Gasteiger partial charge in [-0.2, -0.15) is 0 Å². The summed E-state index contributed by atoms with van der Waals surface area (Å²) in [6.07, 6.45) is 4.03. The van der Waals surface area contributed by atoms with Crippen LogP contribution in [0.1, 0.15) is 35.3 Å². The second-order valence-electron chi connectivity index (χ2n) is 6.79. The molecular weight excluding hydrogens is 351 g/mol. The van der Waals surface area contributed by atoms with Gasteiger partial charge >= 0.3 is 0 Å². The Morgan fingerprint density at radius 1 is 1.33 bits per heavy atom. The van der Waals surface area contributed by atoms with Crippen molar-refractivity contribution < 1.29 is 19.1 Å². The van der Waals surface area contributed by atoms with E-state index < -0.39 is 12.1 Å². The maximum atomic E-state index is 13.2. The highest BCUT2D eigenvalue weighted by Gasteiger charge is 2.34. The summed E-state index contributed by atoms with van der Waals surface area (Å²) in [6.45, 7) is 0.409. The van der Waals surface area contributed by atoms with Crippen LogP contribution in [0.15, 0.2) is 36.8 Å². The van der Waals surface area contributed by atoms with Gasteiger partial charge in [-0.05, 0) is 43.4 Å². The van der Waals surface area contributed by atoms with Gasteiger partial charge in [-0.15, -0.1) is 0 Å². The second-order valence-corrected chi connectivity index (χ2v) is 6.79. The number of aromatic amines is 1. The van der Waals surface area contributed by atoms with Crippen LogP contribution >= 0.6 is 0 Å². The highest BCUT2D eigenvalue weighted by molar-refractivity contribution is 5.92. The fourth-order valence-electron chi connectivity index (χ4n) is 3.34. The molecule has 1 aromatic carbocycles. The molecule has 3 rings (SSSR count). The van der Waals surface area contributed by atoms with Crippen molar-refractivity contribution >= 4 is 11.8 Å². The van der Waals surface area contributed by atoms with Crippen LogP contribution in [0, 0.1) is 11.7 Å². The van der Waals surface area contributed by atoms with E-state index in [1.54, 1.807) is 6.07 Å². The first-order valence-corrected chi connectivity index (χ1v) is 9.02. The lowest BCUT2D eigenvalue weighted by Crippen LogP contribution is -2.49. The Morgan fingerprint density at radius 2 is 2.19 bits per heavy atom. The van der Waals surface area contributed by atoms with E-state index in [-0.39, 0.29) is 23.5 Å². The number of nitrogens with one attached hydrogen (secondary N) is 3. The Morgan fingerprint density at radius 3 is 2.93 bits per heavy atom. The molecule has 0 unspecified atom stereocenters. The first-order chi connectivity index (χ1) is 13.0. The number of imidazole rings is 1. The van der Waals surface area contributed by atoms with Crippen LogP contribution in [-0.2, 0) is 11.2 Å². The largest absolute Gasteiger partial charge is 0.391 e. The van der Waals surface area contributed by atoms with Crippen LogP contribution in [0.2, 0.25) is 0 Å². The third-order valence-electron chi connectivity index (χ3n) is 4.85. The molecular formula is C19H23FN4O3. The standard InChI is InChI=1S/C19H23FN4O3/c20-14-3-1-2-12(8-14)6-7-22-18(26)13-4-5-17(25)15(9-13)24-19(27)16-10-21-11-23-16/h1-3,8,10-11,13,15,17,25H,4-7,9H2,(H,21,23)(H,22,26)(H,24,27)/t13-,15+,17+/m0/s1. The highest BCUT2D eigenvalue weighted by Crippen LogP contribution is 2.25. The lowest BCUT2D eigenvalue weighted by Gasteiger charge is -2.33. The number of nitrogens with zero attached hydrogens (tertiary/aromatic N) is 1. The molecule has 2 aromatic rings. The lowest BCUT2D eigenvalue weighted by atomic mass is 9.83. The van der Waals surface area contributed by atoms with Gasteiger partial charge in [-0.1, -0.05) is 12.1 Å². The van der Waals surface area contributed by atoms with E-state index in [2.05, 4.69) is 20.6 Å². The van der Waals surface area contributed by atoms with E-state index in [1.165, 1.54) is 24.7 Å². The van der Waals surface area contributed by atoms with Crippen molar-refractivity contribution in [3.63, 3.8) is 0 Å². The molecule has 1 aliphatic carbocycles. The lowest BCUT2D eigenvalue weighted by molar-refractivity contribution is -0.127. The summed E-state index contributed by atoms with van der Waals surface area (Å²) in [5.74, 6) is -1.05. The van der Waals surface area contributed by atoms with Crippen molar-refractivity contribution in [2.75, 3.05) is 6.54 Å². The summed E-state index contributed by atoms with van der Waals surface area (Å²) in [4.78, 5) is 31.1. The van der Waals surface area contributed by atoms with Gasteiger partial charge in [0.15, 0.2) is 0 Å². The fourth-order valence-corrected chi connectivity index (χ4v) is 3.34. The Balaban J connectivity index is 1.49. The van der Waals surface area contributed by atoms with Crippen molar-refractivity contribution in [2.45, 2.75) is 37.8 Å². The molecule has 0 radical (unpaired) electrons. The Labute approximate surface area is 156 Å². The molecule has 0 aliphatic heterocycles. The fraction of sp³-hybridized carbons (Fsp3) is 0.421. The number of H-pyrrole nitrogens is 1. The number of benzene rings is 1. The van der Waals surface area contributed by atoms with Gasteiger partial charge in [-0.25, -0.2) is 9.37 Å². The Bertz CT molecular complexity index is 781. The average molecular weight is 374 g/mol. The van der Waals surface area contributed by atoms with Crippen molar-refractivity contribution in [3.8, 4) is 0 Å². The van der Waals surface area contributed by atoms with E-state index >= 15 is 0 Å². The summed E-state index contributed by atoms with van der Waals surface area (Å²) < 4.78 is 13.2. The monoisotopic (exact) mass is 374 g/mol. The minimum atomic E-state index is -0.687. The number of amides is 2. The number of aliphatic hydroxyl groups excluding tert-OH is 1. The predicted octanol–water partition coefficient (Wildman–Crippen LogP) is 1.17. The summed E-state index contributed by atoms with van der Waals surface area (Å²) in [6, 6.07) is 5.79. The van der Waals surface area contributed by atoms with Crippen LogP contribution in [0.4, 0.5) is 4.39 Å². The number of aromatic nitrogens is 2. The minimum absolute atomic E-state index is 0.112. The summed E-state index contributed by atoms with van der Waals surface area (Å²) in [7, 11) is 0. The van der Waals surface area contributed by atoms with Crippen LogP contribution in [0.5, 0.6) is 0 Å². The third kappa shape index (κ3) is 5.13. The molecule has 4 N–H and O–H groups in total. The molecule has 8 heteroatoms. The quantitative estimate of drug-likeness (QED) is 0.609. The molecule has 0 saturated heterocycles. The van der Waals surface area contributed by atoms with Gasteiger partial charge < -0.3 is 20.7 Å². The Hall–Kier alpha value is -2.74. The smallest absolute Gasteiger partial charge is 0.269 e. The highest BCUT2D eigenvalue weighted by atomic mass is 19.1. The summed E-state index contributed by atoms with van der Waals surface area (Å²) >= 11 is 0. The molecule has 2 amide bonds. The van der Waals surface area contributed by atoms with Gasteiger partial charge in [0, 0.05) is 12.5 Å². The van der Waals surface area contributed by atoms with Crippen molar-refractivity contribution in [1.82, 2.24) is 20.6 Å². The first-order valence-electron chi connectivity index (χ1n) is 9.02. The van der Waals surface area contributed by atoms with Crippen LogP contribution in [-0.4, -0.2) is 45.6 Å². The molecule has 1 heterocycles. The molecule has 3 atom stereocenters. The molecule has 1 aromatic heterocycles. The average Bonchev–Trinajstić information content (AvgIpc) is 3.18. The van der Waals surface area contributed by atoms with Gasteiger partial charge in [0.05, 0.1) is 24.7 Å². The number of aliphatic hydroxyl groups is 1. The maximum absolute atomic E-state index is 13.2. The van der Waals surface area contributed by atoms with E-state index in [0.29, 0.717) is 37.9 Å². The van der Waals surface area contributed by atoms with E-state index in [0.717, 1.165) is 5.56 Å². The van der Waals surface area contributed by atoms with E-state index in [4.69, 9.17) is 0 Å². The van der Waals surface area contributed by atoms with E-state index in [1.807, 2.05) is 6.07 Å². The SMILES string of the molecule is O=C(N[C@@H]1C[C@@H](C(=O)NCCc2cccc(F)c2)CC[C@H]1O)c1cnc[nH]1. The maximum Gasteiger partial charge on any atom is 0.269 e. The molecule has 1 fully saturated rings. The molecule has 1 saturated carbocycles. The minimum Gasteiger partial charge on any atom is -0.391 e. The molecule has 1 aliphatic rings. The van der Waals surface area contributed by atoms with Gasteiger partial charge in [0.25, 0.3) is 5.91 Å². The van der Waals surface area contributed by atoms with Gasteiger partial charge in [-0.3, -0.25) is 9.59 Å². The molecule has 0 bridgehead atoms. The number of carbonyl (C=O) groups excluding carboxylic acids is 2. The second kappa shape index (κ2) is 8.77. The zero-order valence-corrected chi connectivity index (χ0v) is 14.8. The molecule has 7 nitrogen and oxygen atoms in total. The van der Waals surface area contributed by atoms with Crippen LogP contribution in [0.3, 0.4) is 0 Å². The molecule has 0 spiro atoms. The molecule has 27 heavy (non-hydrogen) atoms. The molecule has 144 valence electrons. The first kappa shape index (κ1) is 19.0. The summed E-state index contributed by atoms with van der Waals surface area (Å²) in [5, 5.41) is 15.8. The topological polar surface area (TPSA) is 107 Å². The predicted molar refractivity (Wildman–Crippen MR) is 96.3 cm³/mol. The number of carbonyl (C=O) groups is 2. The number of hydrogen-bond acceptors (Lipinski definition) is 4. The van der Waals surface area contributed by atoms with Crippen molar-refractivity contribution in [2.24, 2.45) is 5.92 Å². The van der Waals surface area contributed by atoms with Crippen molar-refractivity contribution in [1.29, 1.82) is 0 Å². The Kier molecular flexibility index (Phi) is 6.18. The number of rotatable bonds is 6. The number of hydrogen-bond donors (Lipinski definition) is 4. The number of halogens is 1. The summed E-state index contributed by atoms with van der Waals surface area (Å²) in [5.41, 5.74) is 1.13. The van der Waals surface area contributed by atoms with E-state index in [9.17, 15) is 19.1 Å². The van der Waals surface area contributed by atoms with Gasteiger partial charge in [0.2, 0.25) is 5.91 Å².